The largest absolute Gasteiger partial charge is 0.355 e. The molecule has 2 rings (SSSR count). The number of carbonyl (C=O) groups is 2. The van der Waals surface area contributed by atoms with Crippen molar-refractivity contribution in [3.63, 3.8) is 0 Å². The molecule has 2 aliphatic rings. The number of rotatable bonds is 3. The van der Waals surface area contributed by atoms with Gasteiger partial charge in [0.1, 0.15) is 0 Å². The molecule has 3 N–H and O–H groups in total. The maximum Gasteiger partial charge on any atom is 0.242 e. The lowest BCUT2D eigenvalue weighted by atomic mass is 9.92. The van der Waals surface area contributed by atoms with E-state index in [1.54, 1.807) is 0 Å². The fourth-order valence-corrected chi connectivity index (χ4v) is 3.45. The number of hydrogen-bond donors (Lipinski definition) is 2. The molecule has 0 spiro atoms. The maximum absolute atomic E-state index is 12.7. The van der Waals surface area contributed by atoms with Crippen LogP contribution in [0.15, 0.2) is 0 Å². The highest BCUT2D eigenvalue weighted by molar-refractivity contribution is 5.86. The van der Waals surface area contributed by atoms with E-state index in [9.17, 15) is 9.59 Å². The number of nitrogens with one attached hydrogen (secondary N) is 1. The van der Waals surface area contributed by atoms with Crippen LogP contribution in [0.1, 0.15) is 59.3 Å². The van der Waals surface area contributed by atoms with Crippen molar-refractivity contribution in [1.29, 1.82) is 0 Å². The summed E-state index contributed by atoms with van der Waals surface area (Å²) in [5.41, 5.74) is 5.30. The summed E-state index contributed by atoms with van der Waals surface area (Å²) in [6.07, 6.45) is 5.80. The molecule has 134 valence electrons. The van der Waals surface area contributed by atoms with Crippen molar-refractivity contribution in [1.82, 2.24) is 10.2 Å². The smallest absolute Gasteiger partial charge is 0.242 e. The van der Waals surface area contributed by atoms with Crippen LogP contribution in [0.4, 0.5) is 0 Å². The van der Waals surface area contributed by atoms with E-state index >= 15 is 0 Å². The Labute approximate surface area is 146 Å². The summed E-state index contributed by atoms with van der Waals surface area (Å²) in [5, 5.41) is 3.02. The third-order valence-corrected chi connectivity index (χ3v) is 4.96. The molecular weight excluding hydrogens is 314 g/mol. The van der Waals surface area contributed by atoms with Crippen molar-refractivity contribution in [2.75, 3.05) is 19.6 Å². The Bertz CT molecular complexity index is 428. The van der Waals surface area contributed by atoms with E-state index in [-0.39, 0.29) is 29.6 Å². The Morgan fingerprint density at radius 3 is 2.39 bits per heavy atom. The molecule has 1 heterocycles. The molecule has 1 atom stereocenters. The van der Waals surface area contributed by atoms with Crippen LogP contribution >= 0.6 is 12.4 Å². The molecule has 5 nitrogen and oxygen atoms in total. The SMILES string of the molecule is CC(C)(C)C(=O)NCC1CCCN(C(=O)C2(N)CCCC2)C1.Cl. The lowest BCUT2D eigenvalue weighted by molar-refractivity contribution is -0.138. The lowest BCUT2D eigenvalue weighted by Crippen LogP contribution is -2.56. The molecule has 6 heteroatoms. The van der Waals surface area contributed by atoms with Crippen LogP contribution in [0.3, 0.4) is 0 Å². The van der Waals surface area contributed by atoms with Crippen LogP contribution in [0.2, 0.25) is 0 Å². The van der Waals surface area contributed by atoms with Crippen molar-refractivity contribution < 1.29 is 9.59 Å². The predicted octanol–water partition coefficient (Wildman–Crippen LogP) is 2.08. The minimum atomic E-state index is -0.628. The highest BCUT2D eigenvalue weighted by Gasteiger charge is 2.41. The van der Waals surface area contributed by atoms with Crippen LogP contribution in [-0.4, -0.2) is 41.9 Å². The van der Waals surface area contributed by atoms with Gasteiger partial charge in [0.25, 0.3) is 0 Å². The predicted molar refractivity (Wildman–Crippen MR) is 94.4 cm³/mol. The number of hydrogen-bond acceptors (Lipinski definition) is 3. The van der Waals surface area contributed by atoms with Crippen LogP contribution in [0, 0.1) is 11.3 Å². The molecule has 23 heavy (non-hydrogen) atoms. The third kappa shape index (κ3) is 5.08. The number of likely N-dealkylation sites (tertiary alicyclic amines) is 1. The number of carbonyl (C=O) groups excluding carboxylic acids is 2. The van der Waals surface area contributed by atoms with Gasteiger partial charge in [-0.1, -0.05) is 33.6 Å². The summed E-state index contributed by atoms with van der Waals surface area (Å²) in [6.45, 7) is 7.92. The van der Waals surface area contributed by atoms with E-state index in [1.807, 2.05) is 25.7 Å². The van der Waals surface area contributed by atoms with Gasteiger partial charge < -0.3 is 16.0 Å². The number of amides is 2. The summed E-state index contributed by atoms with van der Waals surface area (Å²) in [7, 11) is 0. The number of nitrogens with two attached hydrogens (primary N) is 1. The fraction of sp³-hybridized carbons (Fsp3) is 0.882. The summed E-state index contributed by atoms with van der Waals surface area (Å²) in [4.78, 5) is 26.6. The molecular formula is C17H32ClN3O2. The van der Waals surface area contributed by atoms with Crippen LogP contribution in [0.5, 0.6) is 0 Å². The standard InChI is InChI=1S/C17H31N3O2.ClH/c1-16(2,3)14(21)19-11-13-7-6-10-20(12-13)15(22)17(18)8-4-5-9-17;/h13H,4-12,18H2,1-3H3,(H,19,21);1H. The highest BCUT2D eigenvalue weighted by Crippen LogP contribution is 2.30. The average Bonchev–Trinajstić information content (AvgIpc) is 2.91. The molecule has 1 saturated heterocycles. The van der Waals surface area contributed by atoms with Gasteiger partial charge in [0.05, 0.1) is 5.54 Å². The minimum Gasteiger partial charge on any atom is -0.355 e. The molecule has 1 aliphatic carbocycles. The summed E-state index contributed by atoms with van der Waals surface area (Å²) < 4.78 is 0. The van der Waals surface area contributed by atoms with Gasteiger partial charge in [0, 0.05) is 25.0 Å². The van der Waals surface area contributed by atoms with Crippen LogP contribution in [0.25, 0.3) is 0 Å². The van der Waals surface area contributed by atoms with Crippen molar-refractivity contribution in [3.05, 3.63) is 0 Å². The Hall–Kier alpha value is -0.810. The fourth-order valence-electron chi connectivity index (χ4n) is 3.45. The van der Waals surface area contributed by atoms with Gasteiger partial charge in [-0.3, -0.25) is 9.59 Å². The molecule has 2 fully saturated rings. The molecule has 0 aromatic carbocycles. The molecule has 1 saturated carbocycles. The second kappa shape index (κ2) is 7.84. The van der Waals surface area contributed by atoms with Crippen molar-refractivity contribution in [2.24, 2.45) is 17.1 Å². The van der Waals surface area contributed by atoms with E-state index in [4.69, 9.17) is 5.73 Å². The lowest BCUT2D eigenvalue weighted by Gasteiger charge is -2.37. The molecule has 0 aromatic heterocycles. The zero-order chi connectivity index (χ0) is 16.4. The molecule has 0 aromatic rings. The first-order valence-corrected chi connectivity index (χ1v) is 8.59. The minimum absolute atomic E-state index is 0. The van der Waals surface area contributed by atoms with Crippen molar-refractivity contribution >= 4 is 24.2 Å². The van der Waals surface area contributed by atoms with E-state index in [1.165, 1.54) is 0 Å². The number of piperidine rings is 1. The molecule has 2 amide bonds. The van der Waals surface area contributed by atoms with Gasteiger partial charge in [-0.15, -0.1) is 12.4 Å². The summed E-state index contributed by atoms with van der Waals surface area (Å²) >= 11 is 0. The first kappa shape index (κ1) is 20.2. The number of halogens is 1. The van der Waals surface area contributed by atoms with Gasteiger partial charge in [0.2, 0.25) is 11.8 Å². The molecule has 1 aliphatic heterocycles. The summed E-state index contributed by atoms with van der Waals surface area (Å²) in [5.74, 6) is 0.535. The van der Waals surface area contributed by atoms with Crippen LogP contribution < -0.4 is 11.1 Å². The normalized spacial score (nSPS) is 24.0. The van der Waals surface area contributed by atoms with E-state index in [0.29, 0.717) is 12.5 Å². The van der Waals surface area contributed by atoms with Gasteiger partial charge in [-0.05, 0) is 31.6 Å². The zero-order valence-corrected chi connectivity index (χ0v) is 15.5. The Morgan fingerprint density at radius 2 is 1.83 bits per heavy atom. The molecule has 1 unspecified atom stereocenters. The van der Waals surface area contributed by atoms with Gasteiger partial charge in [-0.2, -0.15) is 0 Å². The first-order chi connectivity index (χ1) is 10.2. The number of nitrogens with zero attached hydrogens (tertiary/aromatic N) is 1. The van der Waals surface area contributed by atoms with E-state index in [0.717, 1.165) is 51.6 Å². The second-order valence-electron chi connectivity index (χ2n) is 8.08. The van der Waals surface area contributed by atoms with Gasteiger partial charge >= 0.3 is 0 Å². The van der Waals surface area contributed by atoms with E-state index in [2.05, 4.69) is 5.32 Å². The third-order valence-electron chi connectivity index (χ3n) is 4.96. The Balaban J connectivity index is 0.00000264. The quantitative estimate of drug-likeness (QED) is 0.822. The second-order valence-corrected chi connectivity index (χ2v) is 8.08. The Kier molecular flexibility index (Phi) is 6.90. The topological polar surface area (TPSA) is 75.4 Å². The maximum atomic E-state index is 12.7. The van der Waals surface area contributed by atoms with Gasteiger partial charge in [0.15, 0.2) is 0 Å². The van der Waals surface area contributed by atoms with Crippen molar-refractivity contribution in [3.8, 4) is 0 Å². The van der Waals surface area contributed by atoms with Gasteiger partial charge in [-0.25, -0.2) is 0 Å². The molecule has 0 bridgehead atoms. The van der Waals surface area contributed by atoms with Crippen molar-refractivity contribution in [2.45, 2.75) is 64.8 Å². The average molecular weight is 346 g/mol. The highest BCUT2D eigenvalue weighted by atomic mass is 35.5. The Morgan fingerprint density at radius 1 is 1.22 bits per heavy atom. The summed E-state index contributed by atoms with van der Waals surface area (Å²) in [6, 6.07) is 0. The van der Waals surface area contributed by atoms with Crippen LogP contribution in [-0.2, 0) is 9.59 Å². The zero-order valence-electron chi connectivity index (χ0n) is 14.7. The first-order valence-electron chi connectivity index (χ1n) is 8.59. The van der Waals surface area contributed by atoms with E-state index < -0.39 is 5.54 Å². The molecule has 0 radical (unpaired) electrons. The monoisotopic (exact) mass is 345 g/mol.